The number of rotatable bonds is 3. The van der Waals surface area contributed by atoms with Crippen LogP contribution in [-0.4, -0.2) is 18.5 Å². The van der Waals surface area contributed by atoms with Crippen LogP contribution < -0.4 is 16.4 Å². The molecule has 0 bridgehead atoms. The van der Waals surface area contributed by atoms with Crippen molar-refractivity contribution >= 4 is 17.3 Å². The summed E-state index contributed by atoms with van der Waals surface area (Å²) in [6.07, 6.45) is 4.80. The zero-order valence-electron chi connectivity index (χ0n) is 11.0. The molecule has 1 fully saturated rings. The second-order valence-electron chi connectivity index (χ2n) is 5.27. The lowest BCUT2D eigenvalue weighted by atomic mass is 9.99. The maximum absolute atomic E-state index is 11.6. The van der Waals surface area contributed by atoms with Gasteiger partial charge in [0.15, 0.2) is 0 Å². The van der Waals surface area contributed by atoms with Crippen LogP contribution in [0.25, 0.3) is 0 Å². The number of nitrogens with two attached hydrogens (primary N) is 1. The van der Waals surface area contributed by atoms with Gasteiger partial charge in [0.1, 0.15) is 0 Å². The van der Waals surface area contributed by atoms with E-state index in [0.717, 1.165) is 18.5 Å². The van der Waals surface area contributed by atoms with Crippen LogP contribution in [0.15, 0.2) is 18.2 Å². The molecule has 0 saturated heterocycles. The Labute approximate surface area is 108 Å². The van der Waals surface area contributed by atoms with E-state index in [1.54, 1.807) is 19.2 Å². The summed E-state index contributed by atoms with van der Waals surface area (Å²) in [5.41, 5.74) is 8.27. The van der Waals surface area contributed by atoms with E-state index in [-0.39, 0.29) is 11.4 Å². The molecule has 0 spiro atoms. The highest BCUT2D eigenvalue weighted by atomic mass is 16.1. The zero-order valence-corrected chi connectivity index (χ0v) is 11.0. The highest BCUT2D eigenvalue weighted by Gasteiger charge is 2.28. The molecule has 1 saturated carbocycles. The second-order valence-corrected chi connectivity index (χ2v) is 5.27. The standard InChI is InChI=1S/C14H21N3O/c1-14(7-3-4-8-14)17-12-9-10(13(18)16-2)5-6-11(12)15/h5-6,9,17H,3-4,7-8,15H2,1-2H3,(H,16,18). The van der Waals surface area contributed by atoms with E-state index < -0.39 is 0 Å². The molecule has 4 heteroatoms. The van der Waals surface area contributed by atoms with E-state index in [1.807, 2.05) is 6.07 Å². The number of hydrogen-bond donors (Lipinski definition) is 3. The molecule has 0 heterocycles. The molecule has 1 aromatic carbocycles. The maximum Gasteiger partial charge on any atom is 0.251 e. The lowest BCUT2D eigenvalue weighted by molar-refractivity contribution is 0.0963. The summed E-state index contributed by atoms with van der Waals surface area (Å²) in [4.78, 5) is 11.6. The summed E-state index contributed by atoms with van der Waals surface area (Å²) in [6.45, 7) is 2.21. The van der Waals surface area contributed by atoms with Gasteiger partial charge in [-0.05, 0) is 38.0 Å². The van der Waals surface area contributed by atoms with Crippen LogP contribution in [0.5, 0.6) is 0 Å². The predicted molar refractivity (Wildman–Crippen MR) is 74.7 cm³/mol. The topological polar surface area (TPSA) is 67.2 Å². The monoisotopic (exact) mass is 247 g/mol. The molecule has 4 nitrogen and oxygen atoms in total. The summed E-state index contributed by atoms with van der Waals surface area (Å²) >= 11 is 0. The van der Waals surface area contributed by atoms with Crippen molar-refractivity contribution in [2.45, 2.75) is 38.1 Å². The maximum atomic E-state index is 11.6. The summed E-state index contributed by atoms with van der Waals surface area (Å²) < 4.78 is 0. The van der Waals surface area contributed by atoms with Gasteiger partial charge >= 0.3 is 0 Å². The first-order valence-electron chi connectivity index (χ1n) is 6.44. The third kappa shape index (κ3) is 2.58. The molecule has 0 radical (unpaired) electrons. The van der Waals surface area contributed by atoms with Crippen LogP contribution in [0, 0.1) is 0 Å². The molecule has 1 amide bonds. The van der Waals surface area contributed by atoms with E-state index in [4.69, 9.17) is 5.73 Å². The summed E-state index contributed by atoms with van der Waals surface area (Å²) in [7, 11) is 1.63. The fraction of sp³-hybridized carbons (Fsp3) is 0.500. The number of carbonyl (C=O) groups is 1. The van der Waals surface area contributed by atoms with Gasteiger partial charge in [-0.1, -0.05) is 12.8 Å². The van der Waals surface area contributed by atoms with E-state index in [1.165, 1.54) is 12.8 Å². The zero-order chi connectivity index (χ0) is 13.2. The van der Waals surface area contributed by atoms with Crippen LogP contribution in [0.4, 0.5) is 11.4 Å². The van der Waals surface area contributed by atoms with Gasteiger partial charge in [0.2, 0.25) is 0 Å². The average molecular weight is 247 g/mol. The Morgan fingerprint density at radius 3 is 2.61 bits per heavy atom. The van der Waals surface area contributed by atoms with Crippen molar-refractivity contribution in [3.63, 3.8) is 0 Å². The largest absolute Gasteiger partial charge is 0.397 e. The number of benzene rings is 1. The Hall–Kier alpha value is -1.71. The summed E-state index contributed by atoms with van der Waals surface area (Å²) in [5, 5.41) is 6.12. The van der Waals surface area contributed by atoms with Gasteiger partial charge in [0.05, 0.1) is 11.4 Å². The highest BCUT2D eigenvalue weighted by Crippen LogP contribution is 2.34. The molecule has 1 aromatic rings. The Morgan fingerprint density at radius 1 is 1.33 bits per heavy atom. The summed E-state index contributed by atoms with van der Waals surface area (Å²) in [5.74, 6) is -0.0883. The fourth-order valence-electron chi connectivity index (χ4n) is 2.56. The van der Waals surface area contributed by atoms with Crippen molar-refractivity contribution in [3.8, 4) is 0 Å². The van der Waals surface area contributed by atoms with Gasteiger partial charge in [0.25, 0.3) is 5.91 Å². The third-order valence-corrected chi connectivity index (χ3v) is 3.69. The van der Waals surface area contributed by atoms with E-state index >= 15 is 0 Å². The molecular weight excluding hydrogens is 226 g/mol. The third-order valence-electron chi connectivity index (χ3n) is 3.69. The van der Waals surface area contributed by atoms with Gasteiger partial charge in [-0.25, -0.2) is 0 Å². The van der Waals surface area contributed by atoms with Crippen molar-refractivity contribution in [2.75, 3.05) is 18.1 Å². The molecule has 18 heavy (non-hydrogen) atoms. The molecule has 98 valence electrons. The Bertz CT molecular complexity index is 450. The molecule has 4 N–H and O–H groups in total. The van der Waals surface area contributed by atoms with Crippen molar-refractivity contribution in [1.82, 2.24) is 5.32 Å². The van der Waals surface area contributed by atoms with Crippen LogP contribution in [-0.2, 0) is 0 Å². The molecule has 0 unspecified atom stereocenters. The Morgan fingerprint density at radius 2 is 2.00 bits per heavy atom. The van der Waals surface area contributed by atoms with Crippen LogP contribution in [0.3, 0.4) is 0 Å². The molecule has 0 aromatic heterocycles. The lowest BCUT2D eigenvalue weighted by Crippen LogP contribution is -2.31. The Balaban J connectivity index is 2.23. The van der Waals surface area contributed by atoms with Crippen molar-refractivity contribution in [1.29, 1.82) is 0 Å². The molecule has 1 aliphatic rings. The smallest absolute Gasteiger partial charge is 0.251 e. The number of anilines is 2. The van der Waals surface area contributed by atoms with E-state index in [0.29, 0.717) is 11.3 Å². The predicted octanol–water partition coefficient (Wildman–Crippen LogP) is 2.37. The molecular formula is C14H21N3O. The number of carbonyl (C=O) groups excluding carboxylic acids is 1. The lowest BCUT2D eigenvalue weighted by Gasteiger charge is -2.27. The first-order chi connectivity index (χ1) is 8.54. The number of nitrogens with one attached hydrogen (secondary N) is 2. The Kier molecular flexibility index (Phi) is 3.45. The first-order valence-corrected chi connectivity index (χ1v) is 6.44. The minimum Gasteiger partial charge on any atom is -0.397 e. The first kappa shape index (κ1) is 12.7. The van der Waals surface area contributed by atoms with E-state index in [2.05, 4.69) is 17.6 Å². The molecule has 2 rings (SSSR count). The average Bonchev–Trinajstić information content (AvgIpc) is 2.78. The molecule has 0 atom stereocenters. The van der Waals surface area contributed by atoms with Gasteiger partial charge in [0, 0.05) is 18.2 Å². The van der Waals surface area contributed by atoms with Crippen molar-refractivity contribution in [3.05, 3.63) is 23.8 Å². The quantitative estimate of drug-likeness (QED) is 0.718. The fourth-order valence-corrected chi connectivity index (χ4v) is 2.56. The van der Waals surface area contributed by atoms with Crippen molar-refractivity contribution < 1.29 is 4.79 Å². The van der Waals surface area contributed by atoms with Crippen LogP contribution in [0.1, 0.15) is 43.0 Å². The minimum absolute atomic E-state index is 0.0883. The van der Waals surface area contributed by atoms with E-state index in [9.17, 15) is 4.79 Å². The van der Waals surface area contributed by atoms with Gasteiger partial charge < -0.3 is 16.4 Å². The van der Waals surface area contributed by atoms with Gasteiger partial charge in [-0.3, -0.25) is 4.79 Å². The van der Waals surface area contributed by atoms with Gasteiger partial charge in [-0.2, -0.15) is 0 Å². The normalized spacial score (nSPS) is 17.4. The summed E-state index contributed by atoms with van der Waals surface area (Å²) in [6, 6.07) is 5.36. The van der Waals surface area contributed by atoms with Crippen LogP contribution >= 0.6 is 0 Å². The van der Waals surface area contributed by atoms with Crippen LogP contribution in [0.2, 0.25) is 0 Å². The van der Waals surface area contributed by atoms with Crippen molar-refractivity contribution in [2.24, 2.45) is 0 Å². The number of nitrogen functional groups attached to an aromatic ring is 1. The highest BCUT2D eigenvalue weighted by molar-refractivity contribution is 5.96. The second kappa shape index (κ2) is 4.88. The SMILES string of the molecule is CNC(=O)c1ccc(N)c(NC2(C)CCCC2)c1. The molecule has 0 aliphatic heterocycles. The van der Waals surface area contributed by atoms with Gasteiger partial charge in [-0.15, -0.1) is 0 Å². The number of hydrogen-bond acceptors (Lipinski definition) is 3. The number of amides is 1. The minimum atomic E-state index is -0.0883. The molecule has 1 aliphatic carbocycles.